The van der Waals surface area contributed by atoms with Gasteiger partial charge in [0.05, 0.1) is 19.1 Å². The highest BCUT2D eigenvalue weighted by molar-refractivity contribution is 5.79. The fourth-order valence-corrected chi connectivity index (χ4v) is 2.53. The Bertz CT molecular complexity index is 989. The Balaban J connectivity index is 1.97. The molecule has 0 saturated heterocycles. The summed E-state index contributed by atoms with van der Waals surface area (Å²) in [6.45, 7) is 1.76. The van der Waals surface area contributed by atoms with Crippen molar-refractivity contribution in [1.82, 2.24) is 0 Å². The molecule has 2 aromatic carbocycles. The van der Waals surface area contributed by atoms with Gasteiger partial charge in [-0.2, -0.15) is 0 Å². The highest BCUT2D eigenvalue weighted by Gasteiger charge is 2.13. The fourth-order valence-electron chi connectivity index (χ4n) is 2.53. The number of para-hydroxylation sites is 1. The molecule has 0 radical (unpaired) electrons. The van der Waals surface area contributed by atoms with Crippen molar-refractivity contribution in [2.45, 2.75) is 6.92 Å². The first kappa shape index (κ1) is 17.5. The molecule has 3 rings (SSSR count). The number of carbonyl (C=O) groups excluding carboxylic acids is 1. The SMILES string of the molecule is CCOC(=O)COc1cc(-c2cc(=O)c3ccccc3o2)ccc1OC. The van der Waals surface area contributed by atoms with E-state index in [0.717, 1.165) is 0 Å². The number of benzene rings is 2. The van der Waals surface area contributed by atoms with E-state index in [-0.39, 0.29) is 18.6 Å². The van der Waals surface area contributed by atoms with Gasteiger partial charge < -0.3 is 18.6 Å². The molecule has 26 heavy (non-hydrogen) atoms. The lowest BCUT2D eigenvalue weighted by Crippen LogP contribution is -2.14. The number of esters is 1. The van der Waals surface area contributed by atoms with E-state index >= 15 is 0 Å². The van der Waals surface area contributed by atoms with Crippen molar-refractivity contribution in [2.75, 3.05) is 20.3 Å². The van der Waals surface area contributed by atoms with Gasteiger partial charge in [-0.1, -0.05) is 12.1 Å². The van der Waals surface area contributed by atoms with Crippen LogP contribution in [0.5, 0.6) is 11.5 Å². The molecule has 0 atom stereocenters. The summed E-state index contributed by atoms with van der Waals surface area (Å²) in [7, 11) is 1.50. The van der Waals surface area contributed by atoms with Crippen LogP contribution >= 0.6 is 0 Å². The summed E-state index contributed by atoms with van der Waals surface area (Å²) in [5.74, 6) is 0.740. The molecule has 6 heteroatoms. The van der Waals surface area contributed by atoms with E-state index in [1.807, 2.05) is 0 Å². The second kappa shape index (κ2) is 7.74. The molecule has 0 amide bonds. The van der Waals surface area contributed by atoms with Gasteiger partial charge in [-0.25, -0.2) is 4.79 Å². The highest BCUT2D eigenvalue weighted by Crippen LogP contribution is 2.33. The first-order valence-electron chi connectivity index (χ1n) is 8.12. The first-order chi connectivity index (χ1) is 12.6. The van der Waals surface area contributed by atoms with Crippen molar-refractivity contribution in [1.29, 1.82) is 0 Å². The minimum Gasteiger partial charge on any atom is -0.493 e. The molecule has 0 aliphatic heterocycles. The van der Waals surface area contributed by atoms with Gasteiger partial charge in [0.15, 0.2) is 23.5 Å². The minimum absolute atomic E-state index is 0.133. The van der Waals surface area contributed by atoms with Gasteiger partial charge >= 0.3 is 5.97 Å². The monoisotopic (exact) mass is 354 g/mol. The predicted molar refractivity (Wildman–Crippen MR) is 96.6 cm³/mol. The normalized spacial score (nSPS) is 10.5. The average Bonchev–Trinajstić information content (AvgIpc) is 2.66. The Morgan fingerprint density at radius 1 is 1.08 bits per heavy atom. The molecule has 0 aliphatic rings. The van der Waals surface area contributed by atoms with Gasteiger partial charge in [0, 0.05) is 11.6 Å². The lowest BCUT2D eigenvalue weighted by Gasteiger charge is -2.12. The van der Waals surface area contributed by atoms with Crippen LogP contribution in [0, 0.1) is 0 Å². The summed E-state index contributed by atoms with van der Waals surface area (Å²) in [5, 5.41) is 0.517. The Morgan fingerprint density at radius 3 is 2.65 bits per heavy atom. The van der Waals surface area contributed by atoms with E-state index in [0.29, 0.717) is 33.8 Å². The van der Waals surface area contributed by atoms with Crippen LogP contribution in [0.15, 0.2) is 57.7 Å². The summed E-state index contributed by atoms with van der Waals surface area (Å²) < 4.78 is 21.4. The molecule has 134 valence electrons. The fraction of sp³-hybridized carbons (Fsp3) is 0.200. The van der Waals surface area contributed by atoms with E-state index in [1.165, 1.54) is 13.2 Å². The third-order valence-corrected chi connectivity index (χ3v) is 3.73. The summed E-state index contributed by atoms with van der Waals surface area (Å²) in [6, 6.07) is 13.6. The van der Waals surface area contributed by atoms with Crippen molar-refractivity contribution in [3.05, 3.63) is 58.8 Å². The number of methoxy groups -OCH3 is 1. The molecular formula is C20H18O6. The summed E-state index contributed by atoms with van der Waals surface area (Å²) in [4.78, 5) is 23.8. The summed E-state index contributed by atoms with van der Waals surface area (Å²) in [6.07, 6.45) is 0. The number of fused-ring (bicyclic) bond motifs is 1. The number of ether oxygens (including phenoxy) is 3. The highest BCUT2D eigenvalue weighted by atomic mass is 16.6. The first-order valence-corrected chi connectivity index (χ1v) is 8.12. The van der Waals surface area contributed by atoms with Gasteiger partial charge in [-0.05, 0) is 37.3 Å². The summed E-state index contributed by atoms with van der Waals surface area (Å²) in [5.41, 5.74) is 0.999. The van der Waals surface area contributed by atoms with Gasteiger partial charge in [0.1, 0.15) is 11.3 Å². The van der Waals surface area contributed by atoms with Crippen molar-refractivity contribution >= 4 is 16.9 Å². The molecule has 1 aromatic heterocycles. The molecule has 6 nitrogen and oxygen atoms in total. The van der Waals surface area contributed by atoms with Crippen LogP contribution in [0.2, 0.25) is 0 Å². The second-order valence-corrected chi connectivity index (χ2v) is 5.43. The third kappa shape index (κ3) is 3.69. The molecular weight excluding hydrogens is 336 g/mol. The standard InChI is InChI=1S/C20H18O6/c1-3-24-20(22)12-25-19-10-13(8-9-17(19)23-2)18-11-15(21)14-6-4-5-7-16(14)26-18/h4-11H,3,12H2,1-2H3. The average molecular weight is 354 g/mol. The van der Waals surface area contributed by atoms with E-state index < -0.39 is 5.97 Å². The predicted octanol–water partition coefficient (Wildman–Crippen LogP) is 3.41. The van der Waals surface area contributed by atoms with Crippen LogP contribution in [0.3, 0.4) is 0 Å². The zero-order chi connectivity index (χ0) is 18.5. The van der Waals surface area contributed by atoms with E-state index in [2.05, 4.69) is 0 Å². The Hall–Kier alpha value is -3.28. The quantitative estimate of drug-likeness (QED) is 0.632. The minimum atomic E-state index is -0.475. The molecule has 0 aliphatic carbocycles. The largest absolute Gasteiger partial charge is 0.493 e. The number of hydrogen-bond acceptors (Lipinski definition) is 6. The summed E-state index contributed by atoms with van der Waals surface area (Å²) >= 11 is 0. The van der Waals surface area contributed by atoms with E-state index in [9.17, 15) is 9.59 Å². The maximum absolute atomic E-state index is 12.3. The number of rotatable bonds is 6. The van der Waals surface area contributed by atoms with Crippen LogP contribution < -0.4 is 14.9 Å². The smallest absolute Gasteiger partial charge is 0.344 e. The molecule has 0 bridgehead atoms. The molecule has 3 aromatic rings. The van der Waals surface area contributed by atoms with Crippen molar-refractivity contribution in [3.8, 4) is 22.8 Å². The lowest BCUT2D eigenvalue weighted by atomic mass is 10.1. The Kier molecular flexibility index (Phi) is 5.22. The molecule has 0 saturated carbocycles. The molecule has 0 fully saturated rings. The van der Waals surface area contributed by atoms with Crippen molar-refractivity contribution in [3.63, 3.8) is 0 Å². The maximum Gasteiger partial charge on any atom is 0.344 e. The maximum atomic E-state index is 12.3. The van der Waals surface area contributed by atoms with Crippen molar-refractivity contribution in [2.24, 2.45) is 0 Å². The van der Waals surface area contributed by atoms with Crippen molar-refractivity contribution < 1.29 is 23.4 Å². The lowest BCUT2D eigenvalue weighted by molar-refractivity contribution is -0.145. The van der Waals surface area contributed by atoms with Gasteiger partial charge in [-0.3, -0.25) is 4.79 Å². The zero-order valence-corrected chi connectivity index (χ0v) is 14.5. The van der Waals surface area contributed by atoms with Crippen LogP contribution in [-0.4, -0.2) is 26.3 Å². The van der Waals surface area contributed by atoms with Gasteiger partial charge in [-0.15, -0.1) is 0 Å². The van der Waals surface area contributed by atoms with E-state index in [4.69, 9.17) is 18.6 Å². The molecule has 0 spiro atoms. The van der Waals surface area contributed by atoms with Crippen LogP contribution in [0.25, 0.3) is 22.3 Å². The molecule has 1 heterocycles. The second-order valence-electron chi connectivity index (χ2n) is 5.43. The Morgan fingerprint density at radius 2 is 1.88 bits per heavy atom. The topological polar surface area (TPSA) is 75.0 Å². The number of hydrogen-bond donors (Lipinski definition) is 0. The third-order valence-electron chi connectivity index (χ3n) is 3.73. The van der Waals surface area contributed by atoms with Gasteiger partial charge in [0.2, 0.25) is 0 Å². The van der Waals surface area contributed by atoms with Crippen LogP contribution in [-0.2, 0) is 9.53 Å². The van der Waals surface area contributed by atoms with Crippen LogP contribution in [0.4, 0.5) is 0 Å². The molecule has 0 N–H and O–H groups in total. The van der Waals surface area contributed by atoms with Gasteiger partial charge in [0.25, 0.3) is 0 Å². The number of carbonyl (C=O) groups is 1. The Labute approximate surface area is 149 Å². The van der Waals surface area contributed by atoms with Crippen LogP contribution in [0.1, 0.15) is 6.92 Å². The zero-order valence-electron chi connectivity index (χ0n) is 14.5. The van der Waals surface area contributed by atoms with E-state index in [1.54, 1.807) is 49.4 Å². The molecule has 0 unspecified atom stereocenters.